The molecule has 1 amide bonds. The van der Waals surface area contributed by atoms with Gasteiger partial charge in [-0.2, -0.15) is 0 Å². The molecule has 2 aromatic rings. The van der Waals surface area contributed by atoms with Crippen LogP contribution in [0.25, 0.3) is 10.9 Å². The number of amides is 1. The van der Waals surface area contributed by atoms with Gasteiger partial charge in [-0.1, -0.05) is 25.7 Å². The fraction of sp³-hybridized carbons (Fsp3) is 0.550. The van der Waals surface area contributed by atoms with Crippen LogP contribution in [0.15, 0.2) is 22.8 Å². The third-order valence-electron chi connectivity index (χ3n) is 5.18. The van der Waals surface area contributed by atoms with E-state index >= 15 is 0 Å². The van der Waals surface area contributed by atoms with E-state index in [-0.39, 0.29) is 17.8 Å². The number of hydrogen-bond acceptors (Lipinski definition) is 1. The summed E-state index contributed by atoms with van der Waals surface area (Å²) in [4.78, 5) is 12.8. The average molecular weight is 409 g/mol. The molecule has 25 heavy (non-hydrogen) atoms. The van der Waals surface area contributed by atoms with Crippen LogP contribution in [0.4, 0.5) is 4.39 Å². The lowest BCUT2D eigenvalue weighted by Crippen LogP contribution is -2.29. The molecule has 1 aromatic heterocycles. The van der Waals surface area contributed by atoms with E-state index in [0.29, 0.717) is 16.0 Å². The van der Waals surface area contributed by atoms with Crippen LogP contribution in [-0.2, 0) is 0 Å². The van der Waals surface area contributed by atoms with Crippen molar-refractivity contribution in [1.82, 2.24) is 9.88 Å². The maximum Gasteiger partial charge on any atom is 0.253 e. The van der Waals surface area contributed by atoms with Crippen molar-refractivity contribution in [1.29, 1.82) is 0 Å². The topological polar surface area (TPSA) is 34.0 Å². The first-order valence-electron chi connectivity index (χ1n) is 9.25. The highest BCUT2D eigenvalue weighted by Gasteiger charge is 2.21. The van der Waals surface area contributed by atoms with E-state index < -0.39 is 0 Å². The Morgan fingerprint density at radius 3 is 2.60 bits per heavy atom. The fourth-order valence-corrected chi connectivity index (χ4v) is 4.44. The summed E-state index contributed by atoms with van der Waals surface area (Å²) in [5.74, 6) is 0.205. The third-order valence-corrected chi connectivity index (χ3v) is 5.80. The van der Waals surface area contributed by atoms with Crippen LogP contribution in [0.3, 0.4) is 0 Å². The molecule has 1 aromatic carbocycles. The van der Waals surface area contributed by atoms with Crippen LogP contribution < -0.4 is 5.32 Å². The molecule has 0 unspecified atom stereocenters. The first-order chi connectivity index (χ1) is 12.0. The van der Waals surface area contributed by atoms with Crippen molar-refractivity contribution in [3.63, 3.8) is 0 Å². The van der Waals surface area contributed by atoms with Crippen LogP contribution in [0.5, 0.6) is 0 Å². The third kappa shape index (κ3) is 4.08. The zero-order chi connectivity index (χ0) is 18.0. The molecule has 1 aliphatic rings. The van der Waals surface area contributed by atoms with Crippen molar-refractivity contribution in [3.05, 3.63) is 34.2 Å². The predicted molar refractivity (Wildman–Crippen MR) is 104 cm³/mol. The van der Waals surface area contributed by atoms with Gasteiger partial charge < -0.3 is 9.88 Å². The van der Waals surface area contributed by atoms with Gasteiger partial charge in [-0.05, 0) is 60.7 Å². The molecule has 0 atom stereocenters. The van der Waals surface area contributed by atoms with Crippen molar-refractivity contribution < 1.29 is 9.18 Å². The minimum Gasteiger partial charge on any atom is -0.352 e. The number of hydrogen-bond donors (Lipinski definition) is 1. The van der Waals surface area contributed by atoms with Crippen molar-refractivity contribution in [2.24, 2.45) is 5.92 Å². The van der Waals surface area contributed by atoms with Crippen LogP contribution in [0, 0.1) is 11.7 Å². The minimum absolute atomic E-state index is 0.0686. The zero-order valence-corrected chi connectivity index (χ0v) is 16.5. The molecule has 0 spiro atoms. The summed E-state index contributed by atoms with van der Waals surface area (Å²) in [6, 6.07) is 3.08. The van der Waals surface area contributed by atoms with Gasteiger partial charge in [0.15, 0.2) is 0 Å². The van der Waals surface area contributed by atoms with E-state index in [1.165, 1.54) is 50.7 Å². The summed E-state index contributed by atoms with van der Waals surface area (Å²) in [5.41, 5.74) is 1.37. The highest BCUT2D eigenvalue weighted by Crippen LogP contribution is 2.32. The Morgan fingerprint density at radius 1 is 1.28 bits per heavy atom. The summed E-state index contributed by atoms with van der Waals surface area (Å²) in [6.07, 6.45) is 9.39. The van der Waals surface area contributed by atoms with E-state index in [1.807, 2.05) is 24.6 Å². The molecule has 1 N–H and O–H groups in total. The monoisotopic (exact) mass is 408 g/mol. The maximum absolute atomic E-state index is 13.8. The standard InChI is InChI=1S/C20H26BrFN2O/c1-13(2)24-12-16(19-17(21)9-15(22)10-18(19)24)20(25)23-11-14-7-5-3-4-6-8-14/h9-10,12-14H,3-8,11H2,1-2H3,(H,23,25). The number of fused-ring (bicyclic) bond motifs is 1. The SMILES string of the molecule is CC(C)n1cc(C(=O)NCC2CCCCCC2)c2c(Br)cc(F)cc21. The number of nitrogens with one attached hydrogen (secondary N) is 1. The van der Waals surface area contributed by atoms with E-state index in [0.717, 1.165) is 17.4 Å². The molecule has 136 valence electrons. The first-order valence-corrected chi connectivity index (χ1v) is 10.0. The lowest BCUT2D eigenvalue weighted by molar-refractivity contribution is 0.0947. The summed E-state index contributed by atoms with van der Waals surface area (Å²) >= 11 is 3.43. The van der Waals surface area contributed by atoms with E-state index in [9.17, 15) is 9.18 Å². The normalized spacial score (nSPS) is 16.4. The predicted octanol–water partition coefficient (Wildman–Crippen LogP) is 5.82. The number of rotatable bonds is 4. The first kappa shape index (κ1) is 18.4. The molecule has 1 saturated carbocycles. The quantitative estimate of drug-likeness (QED) is 0.634. The van der Waals surface area contributed by atoms with Crippen LogP contribution in [-0.4, -0.2) is 17.0 Å². The van der Waals surface area contributed by atoms with Crippen molar-refractivity contribution in [2.45, 2.75) is 58.4 Å². The molecule has 3 rings (SSSR count). The molecule has 1 aliphatic carbocycles. The summed E-state index contributed by atoms with van der Waals surface area (Å²) in [6.45, 7) is 4.79. The zero-order valence-electron chi connectivity index (χ0n) is 14.9. The van der Waals surface area contributed by atoms with Gasteiger partial charge in [0.05, 0.1) is 11.1 Å². The van der Waals surface area contributed by atoms with Crippen molar-refractivity contribution in [3.8, 4) is 0 Å². The molecule has 1 heterocycles. The van der Waals surface area contributed by atoms with Gasteiger partial charge >= 0.3 is 0 Å². The lowest BCUT2D eigenvalue weighted by Gasteiger charge is -2.14. The van der Waals surface area contributed by atoms with Crippen molar-refractivity contribution in [2.75, 3.05) is 6.54 Å². The summed E-state index contributed by atoms with van der Waals surface area (Å²) < 4.78 is 16.4. The number of halogens is 2. The minimum atomic E-state index is -0.301. The second-order valence-corrected chi connectivity index (χ2v) is 8.25. The number of carbonyl (C=O) groups is 1. The molecule has 0 radical (unpaired) electrons. The molecule has 0 saturated heterocycles. The Kier molecular flexibility index (Phi) is 5.82. The van der Waals surface area contributed by atoms with Gasteiger partial charge in [-0.25, -0.2) is 4.39 Å². The van der Waals surface area contributed by atoms with Crippen LogP contribution in [0.2, 0.25) is 0 Å². The summed E-state index contributed by atoms with van der Waals surface area (Å²) in [5, 5.41) is 3.90. The molecule has 0 aliphatic heterocycles. The Labute approximate surface area is 157 Å². The van der Waals surface area contributed by atoms with Gasteiger partial charge in [0, 0.05) is 28.6 Å². The lowest BCUT2D eigenvalue weighted by atomic mass is 10.0. The second kappa shape index (κ2) is 7.90. The molecule has 1 fully saturated rings. The number of nitrogens with zero attached hydrogens (tertiary/aromatic N) is 1. The number of aromatic nitrogens is 1. The van der Waals surface area contributed by atoms with Crippen molar-refractivity contribution >= 4 is 32.7 Å². The van der Waals surface area contributed by atoms with Crippen LogP contribution in [0.1, 0.15) is 68.8 Å². The molecule has 0 bridgehead atoms. The Morgan fingerprint density at radius 2 is 1.96 bits per heavy atom. The Hall–Kier alpha value is -1.36. The van der Waals surface area contributed by atoms with Gasteiger partial charge in [0.25, 0.3) is 5.91 Å². The van der Waals surface area contributed by atoms with E-state index in [1.54, 1.807) is 0 Å². The highest BCUT2D eigenvalue weighted by molar-refractivity contribution is 9.10. The Bertz CT molecular complexity index is 761. The van der Waals surface area contributed by atoms with Gasteiger partial charge in [0.2, 0.25) is 0 Å². The number of benzene rings is 1. The number of carbonyl (C=O) groups excluding carboxylic acids is 1. The maximum atomic E-state index is 13.8. The van der Waals surface area contributed by atoms with Gasteiger partial charge in [0.1, 0.15) is 5.82 Å². The molecular weight excluding hydrogens is 383 g/mol. The second-order valence-electron chi connectivity index (χ2n) is 7.39. The van der Waals surface area contributed by atoms with Crippen LogP contribution >= 0.6 is 15.9 Å². The smallest absolute Gasteiger partial charge is 0.253 e. The van der Waals surface area contributed by atoms with Gasteiger partial charge in [-0.3, -0.25) is 4.79 Å². The molecular formula is C20H26BrFN2O. The van der Waals surface area contributed by atoms with E-state index in [2.05, 4.69) is 21.2 Å². The largest absolute Gasteiger partial charge is 0.352 e. The molecule has 3 nitrogen and oxygen atoms in total. The highest BCUT2D eigenvalue weighted by atomic mass is 79.9. The van der Waals surface area contributed by atoms with E-state index in [4.69, 9.17) is 0 Å². The molecule has 5 heteroatoms. The van der Waals surface area contributed by atoms with Gasteiger partial charge in [-0.15, -0.1) is 0 Å². The average Bonchev–Trinajstić information content (AvgIpc) is 2.75. The Balaban J connectivity index is 1.85. The fourth-order valence-electron chi connectivity index (χ4n) is 3.80. The summed E-state index contributed by atoms with van der Waals surface area (Å²) in [7, 11) is 0.